The van der Waals surface area contributed by atoms with Crippen LogP contribution in [0.4, 0.5) is 11.5 Å². The minimum Gasteiger partial charge on any atom is -0.394 e. The molecule has 1 aliphatic heterocycles. The number of hydrogen-bond donors (Lipinski definition) is 4. The van der Waals surface area contributed by atoms with Gasteiger partial charge in [-0.15, -0.1) is 0 Å². The van der Waals surface area contributed by atoms with Crippen molar-refractivity contribution in [1.29, 1.82) is 0 Å². The van der Waals surface area contributed by atoms with Gasteiger partial charge in [0.05, 0.1) is 12.9 Å². The van der Waals surface area contributed by atoms with Crippen LogP contribution in [0, 0.1) is 0 Å². The maximum absolute atomic E-state index is 10.7. The Morgan fingerprint density at radius 3 is 2.69 bits per heavy atom. The predicted octanol–water partition coefficient (Wildman–Crippen LogP) is 0.571. The molecule has 3 aromatic rings. The number of aliphatic hydroxyl groups is 3. The summed E-state index contributed by atoms with van der Waals surface area (Å²) in [5.74, 6) is 0.511. The van der Waals surface area contributed by atoms with Crippen LogP contribution in [0.2, 0.25) is 0 Å². The Morgan fingerprint density at radius 1 is 1.23 bits per heavy atom. The van der Waals surface area contributed by atoms with Crippen LogP contribution in [0.1, 0.15) is 13.2 Å². The summed E-state index contributed by atoms with van der Waals surface area (Å²) in [4.78, 5) is 12.8. The molecule has 1 aromatic carbocycles. The van der Waals surface area contributed by atoms with Gasteiger partial charge in [-0.3, -0.25) is 4.57 Å². The Hall–Kier alpha value is -2.59. The minimum atomic E-state index is -1.61. The fraction of sp³-hybridized carbons (Fsp3) is 0.353. The molecular formula is C17H19N5O4. The largest absolute Gasteiger partial charge is 0.394 e. The van der Waals surface area contributed by atoms with E-state index in [0.29, 0.717) is 17.0 Å². The zero-order valence-electron chi connectivity index (χ0n) is 14.0. The lowest BCUT2D eigenvalue weighted by Gasteiger charge is -2.27. The van der Waals surface area contributed by atoms with Crippen molar-refractivity contribution < 1.29 is 20.1 Å². The number of hydrogen-bond acceptors (Lipinski definition) is 8. The monoisotopic (exact) mass is 357 g/mol. The molecular weight excluding hydrogens is 338 g/mol. The highest BCUT2D eigenvalue weighted by molar-refractivity contribution is 5.85. The Bertz CT molecular complexity index is 914. The van der Waals surface area contributed by atoms with Crippen LogP contribution in [0.15, 0.2) is 43.0 Å². The first-order valence-corrected chi connectivity index (χ1v) is 8.18. The molecule has 1 fully saturated rings. The van der Waals surface area contributed by atoms with Crippen LogP contribution >= 0.6 is 0 Å². The van der Waals surface area contributed by atoms with E-state index in [0.717, 1.165) is 5.69 Å². The number of nitrogens with zero attached hydrogens (tertiary/aromatic N) is 4. The molecule has 0 radical (unpaired) electrons. The number of ether oxygens (including phenoxy) is 1. The molecule has 2 aromatic heterocycles. The first kappa shape index (κ1) is 16.9. The molecule has 1 saturated heterocycles. The van der Waals surface area contributed by atoms with Gasteiger partial charge in [-0.2, -0.15) is 0 Å². The molecule has 0 aliphatic carbocycles. The van der Waals surface area contributed by atoms with Crippen molar-refractivity contribution in [3.05, 3.63) is 43.0 Å². The molecule has 9 heteroatoms. The molecule has 9 nitrogen and oxygen atoms in total. The summed E-state index contributed by atoms with van der Waals surface area (Å²) in [6, 6.07) is 9.52. The van der Waals surface area contributed by atoms with Crippen LogP contribution in [-0.2, 0) is 4.74 Å². The molecule has 0 bridgehead atoms. The zero-order valence-corrected chi connectivity index (χ0v) is 14.0. The molecule has 1 aliphatic rings. The number of benzene rings is 1. The SMILES string of the molecule is C[C@]1(O)[C@H](O)[C@@H](CO)O[C@H]1n1cnc2c(Nc3ccccc3)ncnc21. The summed E-state index contributed by atoms with van der Waals surface area (Å²) in [5.41, 5.74) is 0.174. The van der Waals surface area contributed by atoms with E-state index in [1.165, 1.54) is 24.1 Å². The third kappa shape index (κ3) is 2.61. The molecule has 3 heterocycles. The second-order valence-corrected chi connectivity index (χ2v) is 6.42. The fourth-order valence-electron chi connectivity index (χ4n) is 3.16. The Labute approximate surface area is 148 Å². The number of rotatable bonds is 4. The third-order valence-electron chi connectivity index (χ3n) is 4.58. The number of para-hydroxylation sites is 1. The maximum Gasteiger partial charge on any atom is 0.168 e. The van der Waals surface area contributed by atoms with Gasteiger partial charge in [0, 0.05) is 5.69 Å². The molecule has 26 heavy (non-hydrogen) atoms. The first-order chi connectivity index (χ1) is 12.5. The van der Waals surface area contributed by atoms with Gasteiger partial charge >= 0.3 is 0 Å². The molecule has 0 unspecified atom stereocenters. The number of nitrogens with one attached hydrogen (secondary N) is 1. The average Bonchev–Trinajstić information content (AvgIpc) is 3.16. The van der Waals surface area contributed by atoms with Gasteiger partial charge in [0.1, 0.15) is 24.1 Å². The number of aromatic nitrogens is 4. The predicted molar refractivity (Wildman–Crippen MR) is 92.7 cm³/mol. The summed E-state index contributed by atoms with van der Waals surface area (Å²) in [7, 11) is 0. The molecule has 136 valence electrons. The van der Waals surface area contributed by atoms with E-state index in [-0.39, 0.29) is 0 Å². The van der Waals surface area contributed by atoms with Gasteiger partial charge < -0.3 is 25.4 Å². The molecule has 4 rings (SSSR count). The average molecular weight is 357 g/mol. The van der Waals surface area contributed by atoms with Crippen molar-refractivity contribution in [2.24, 2.45) is 0 Å². The summed E-state index contributed by atoms with van der Waals surface area (Å²) < 4.78 is 7.17. The zero-order chi connectivity index (χ0) is 18.3. The Morgan fingerprint density at radius 2 is 2.00 bits per heavy atom. The summed E-state index contributed by atoms with van der Waals surface area (Å²) in [6.45, 7) is 1.05. The summed E-state index contributed by atoms with van der Waals surface area (Å²) >= 11 is 0. The highest BCUT2D eigenvalue weighted by Crippen LogP contribution is 2.39. The highest BCUT2D eigenvalue weighted by Gasteiger charge is 2.53. The topological polar surface area (TPSA) is 126 Å². The summed E-state index contributed by atoms with van der Waals surface area (Å²) in [5, 5.41) is 33.4. The van der Waals surface area contributed by atoms with Crippen molar-refractivity contribution in [3.8, 4) is 0 Å². The number of fused-ring (bicyclic) bond motifs is 1. The Kier molecular flexibility index (Phi) is 4.08. The van der Waals surface area contributed by atoms with E-state index in [1.54, 1.807) is 0 Å². The lowest BCUT2D eigenvalue weighted by atomic mass is 9.96. The van der Waals surface area contributed by atoms with E-state index in [9.17, 15) is 15.3 Å². The molecule has 4 atom stereocenters. The van der Waals surface area contributed by atoms with E-state index < -0.39 is 30.6 Å². The smallest absolute Gasteiger partial charge is 0.168 e. The summed E-state index contributed by atoms with van der Waals surface area (Å²) in [6.07, 6.45) is -0.217. The molecule has 0 saturated carbocycles. The van der Waals surface area contributed by atoms with Gasteiger partial charge in [0.15, 0.2) is 23.2 Å². The van der Waals surface area contributed by atoms with Crippen molar-refractivity contribution in [2.45, 2.75) is 31.0 Å². The van der Waals surface area contributed by atoms with Crippen molar-refractivity contribution >= 4 is 22.7 Å². The quantitative estimate of drug-likeness (QED) is 0.534. The van der Waals surface area contributed by atoms with E-state index in [4.69, 9.17) is 4.74 Å². The highest BCUT2D eigenvalue weighted by atomic mass is 16.6. The standard InChI is InChI=1S/C17H19N5O4/c1-17(25)13(24)11(7-23)26-16(17)22-9-20-12-14(18-8-19-15(12)22)21-10-5-3-2-4-6-10/h2-6,8-9,11,13,16,23-25H,7H2,1H3,(H,18,19,21)/t11-,13-,16-,17+/m1/s1. The second-order valence-electron chi connectivity index (χ2n) is 6.42. The van der Waals surface area contributed by atoms with E-state index in [1.807, 2.05) is 30.3 Å². The molecule has 0 spiro atoms. The van der Waals surface area contributed by atoms with E-state index >= 15 is 0 Å². The van der Waals surface area contributed by atoms with Crippen LogP contribution in [0.3, 0.4) is 0 Å². The van der Waals surface area contributed by atoms with Gasteiger partial charge in [-0.1, -0.05) is 18.2 Å². The number of aliphatic hydroxyl groups excluding tert-OH is 2. The van der Waals surface area contributed by atoms with E-state index in [2.05, 4.69) is 20.3 Å². The maximum atomic E-state index is 10.7. The van der Waals surface area contributed by atoms with Gasteiger partial charge in [0.2, 0.25) is 0 Å². The van der Waals surface area contributed by atoms with Crippen LogP contribution in [-0.4, -0.2) is 59.3 Å². The number of anilines is 2. The molecule has 4 N–H and O–H groups in total. The van der Waals surface area contributed by atoms with Crippen LogP contribution in [0.25, 0.3) is 11.2 Å². The van der Waals surface area contributed by atoms with Crippen LogP contribution in [0.5, 0.6) is 0 Å². The van der Waals surface area contributed by atoms with Crippen LogP contribution < -0.4 is 5.32 Å². The minimum absolute atomic E-state index is 0.407. The lowest BCUT2D eigenvalue weighted by molar-refractivity contribution is -0.0950. The molecule has 0 amide bonds. The first-order valence-electron chi connectivity index (χ1n) is 8.18. The van der Waals surface area contributed by atoms with Crippen molar-refractivity contribution in [3.63, 3.8) is 0 Å². The van der Waals surface area contributed by atoms with Crippen molar-refractivity contribution in [1.82, 2.24) is 19.5 Å². The normalized spacial score (nSPS) is 28.5. The number of imidazole rings is 1. The van der Waals surface area contributed by atoms with Crippen molar-refractivity contribution in [2.75, 3.05) is 11.9 Å². The van der Waals surface area contributed by atoms with Gasteiger partial charge in [-0.05, 0) is 19.1 Å². The van der Waals surface area contributed by atoms with Gasteiger partial charge in [-0.25, -0.2) is 15.0 Å². The fourth-order valence-corrected chi connectivity index (χ4v) is 3.16. The second kappa shape index (κ2) is 6.29. The lowest BCUT2D eigenvalue weighted by Crippen LogP contribution is -2.44. The Balaban J connectivity index is 1.73. The third-order valence-corrected chi connectivity index (χ3v) is 4.58. The van der Waals surface area contributed by atoms with Gasteiger partial charge in [0.25, 0.3) is 0 Å².